The second kappa shape index (κ2) is 7.22. The van der Waals surface area contributed by atoms with E-state index in [-0.39, 0.29) is 17.5 Å². The maximum Gasteiger partial charge on any atom is 0.126 e. The average molecular weight is 288 g/mol. The molecule has 19 heavy (non-hydrogen) atoms. The van der Waals surface area contributed by atoms with E-state index in [1.165, 1.54) is 6.07 Å². The van der Waals surface area contributed by atoms with Crippen LogP contribution in [0.5, 0.6) is 0 Å². The lowest BCUT2D eigenvalue weighted by Crippen LogP contribution is -2.50. The van der Waals surface area contributed by atoms with Crippen LogP contribution in [0, 0.1) is 5.82 Å². The van der Waals surface area contributed by atoms with Crippen LogP contribution in [0.2, 0.25) is 5.02 Å². The van der Waals surface area contributed by atoms with Crippen molar-refractivity contribution in [1.82, 2.24) is 5.32 Å². The molecule has 1 unspecified atom stereocenters. The highest BCUT2D eigenvalue weighted by Gasteiger charge is 2.30. The van der Waals surface area contributed by atoms with Gasteiger partial charge in [-0.05, 0) is 57.5 Å². The smallest absolute Gasteiger partial charge is 0.126 e. The molecular formula is C15H23ClFNO. The highest BCUT2D eigenvalue weighted by molar-refractivity contribution is 6.30. The molecule has 0 aromatic heterocycles. The highest BCUT2D eigenvalue weighted by atomic mass is 35.5. The first-order chi connectivity index (χ1) is 8.90. The van der Waals surface area contributed by atoms with Gasteiger partial charge in [0, 0.05) is 17.7 Å². The molecule has 0 radical (unpaired) electrons. The van der Waals surface area contributed by atoms with Gasteiger partial charge in [-0.1, -0.05) is 18.5 Å². The minimum Gasteiger partial charge on any atom is -0.374 e. The number of nitrogens with one attached hydrogen (secondary N) is 1. The number of ether oxygens (including phenoxy) is 1. The lowest BCUT2D eigenvalue weighted by molar-refractivity contribution is -0.0378. The van der Waals surface area contributed by atoms with E-state index >= 15 is 0 Å². The van der Waals surface area contributed by atoms with Gasteiger partial charge in [-0.3, -0.25) is 0 Å². The van der Waals surface area contributed by atoms with Gasteiger partial charge in [-0.25, -0.2) is 4.39 Å². The summed E-state index contributed by atoms with van der Waals surface area (Å²) in [4.78, 5) is 0. The lowest BCUT2D eigenvalue weighted by Gasteiger charge is -2.35. The van der Waals surface area contributed by atoms with Crippen molar-refractivity contribution in [3.8, 4) is 0 Å². The van der Waals surface area contributed by atoms with Crippen LogP contribution in [0.4, 0.5) is 4.39 Å². The standard InChI is InChI=1S/C15H23ClFNO/c1-5-18-14(15(3,4)19-6-2)10-11-9-12(16)7-8-13(11)17/h7-9,14,18H,5-6,10H2,1-4H3. The Labute approximate surface area is 120 Å². The lowest BCUT2D eigenvalue weighted by atomic mass is 9.91. The third kappa shape index (κ3) is 4.75. The summed E-state index contributed by atoms with van der Waals surface area (Å²) in [5.74, 6) is -0.223. The minimum absolute atomic E-state index is 0.0328. The summed E-state index contributed by atoms with van der Waals surface area (Å²) in [7, 11) is 0. The Balaban J connectivity index is 2.92. The average Bonchev–Trinajstić information content (AvgIpc) is 2.33. The van der Waals surface area contributed by atoms with E-state index in [9.17, 15) is 4.39 Å². The Kier molecular flexibility index (Phi) is 6.24. The van der Waals surface area contributed by atoms with E-state index in [0.717, 1.165) is 6.54 Å². The largest absolute Gasteiger partial charge is 0.374 e. The number of benzene rings is 1. The summed E-state index contributed by atoms with van der Waals surface area (Å²) in [5.41, 5.74) is 0.255. The van der Waals surface area contributed by atoms with E-state index in [2.05, 4.69) is 5.32 Å². The number of rotatable bonds is 7. The number of hydrogen-bond acceptors (Lipinski definition) is 2. The third-order valence-corrected chi connectivity index (χ3v) is 3.47. The van der Waals surface area contributed by atoms with E-state index in [0.29, 0.717) is 23.6 Å². The molecule has 1 atom stereocenters. The van der Waals surface area contributed by atoms with Crippen molar-refractivity contribution in [1.29, 1.82) is 0 Å². The molecule has 108 valence electrons. The van der Waals surface area contributed by atoms with E-state index in [1.54, 1.807) is 12.1 Å². The number of likely N-dealkylation sites (N-methyl/N-ethyl adjacent to an activating group) is 1. The Morgan fingerprint density at radius 1 is 1.37 bits per heavy atom. The molecule has 1 aromatic carbocycles. The minimum atomic E-state index is -0.362. The molecule has 0 aliphatic carbocycles. The van der Waals surface area contributed by atoms with Gasteiger partial charge in [0.05, 0.1) is 5.60 Å². The Bertz CT molecular complexity index is 409. The molecule has 0 saturated carbocycles. The molecule has 1 N–H and O–H groups in total. The van der Waals surface area contributed by atoms with Gasteiger partial charge in [0.1, 0.15) is 5.82 Å². The van der Waals surface area contributed by atoms with Gasteiger partial charge >= 0.3 is 0 Å². The fourth-order valence-electron chi connectivity index (χ4n) is 2.20. The fourth-order valence-corrected chi connectivity index (χ4v) is 2.40. The third-order valence-electron chi connectivity index (χ3n) is 3.24. The Morgan fingerprint density at radius 2 is 2.05 bits per heavy atom. The first-order valence-electron chi connectivity index (χ1n) is 6.72. The molecular weight excluding hydrogens is 265 g/mol. The summed E-state index contributed by atoms with van der Waals surface area (Å²) in [6, 6.07) is 4.69. The van der Waals surface area contributed by atoms with Gasteiger partial charge in [-0.2, -0.15) is 0 Å². The van der Waals surface area contributed by atoms with Crippen LogP contribution in [0.3, 0.4) is 0 Å². The summed E-state index contributed by atoms with van der Waals surface area (Å²) >= 11 is 5.93. The van der Waals surface area contributed by atoms with Crippen molar-refractivity contribution in [2.24, 2.45) is 0 Å². The van der Waals surface area contributed by atoms with Crippen molar-refractivity contribution in [2.45, 2.75) is 45.8 Å². The Morgan fingerprint density at radius 3 is 2.63 bits per heavy atom. The molecule has 0 aliphatic rings. The number of halogens is 2. The normalized spacial score (nSPS) is 13.6. The van der Waals surface area contributed by atoms with Crippen molar-refractivity contribution < 1.29 is 9.13 Å². The molecule has 0 spiro atoms. The summed E-state index contributed by atoms with van der Waals surface area (Å²) in [6.45, 7) is 9.48. The van der Waals surface area contributed by atoms with Crippen LogP contribution in [-0.2, 0) is 11.2 Å². The van der Waals surface area contributed by atoms with Crippen LogP contribution >= 0.6 is 11.6 Å². The molecule has 0 heterocycles. The van der Waals surface area contributed by atoms with Crippen LogP contribution in [0.25, 0.3) is 0 Å². The maximum absolute atomic E-state index is 13.8. The summed E-state index contributed by atoms with van der Waals surface area (Å²) in [5, 5.41) is 3.92. The molecule has 4 heteroatoms. The maximum atomic E-state index is 13.8. The SMILES string of the molecule is CCNC(Cc1cc(Cl)ccc1F)C(C)(C)OCC. The van der Waals surface area contributed by atoms with E-state index in [1.807, 2.05) is 27.7 Å². The van der Waals surface area contributed by atoms with Crippen LogP contribution in [0.15, 0.2) is 18.2 Å². The number of hydrogen-bond donors (Lipinski definition) is 1. The van der Waals surface area contributed by atoms with Gasteiger partial charge < -0.3 is 10.1 Å². The Hall–Kier alpha value is -0.640. The predicted molar refractivity (Wildman–Crippen MR) is 78.3 cm³/mol. The van der Waals surface area contributed by atoms with Crippen LogP contribution < -0.4 is 5.32 Å². The molecule has 2 nitrogen and oxygen atoms in total. The van der Waals surface area contributed by atoms with E-state index in [4.69, 9.17) is 16.3 Å². The summed E-state index contributed by atoms with van der Waals surface area (Å²) in [6.07, 6.45) is 0.549. The van der Waals surface area contributed by atoms with Crippen molar-refractivity contribution >= 4 is 11.6 Å². The zero-order valence-electron chi connectivity index (χ0n) is 12.1. The fraction of sp³-hybridized carbons (Fsp3) is 0.600. The molecule has 0 fully saturated rings. The molecule has 0 saturated heterocycles. The quantitative estimate of drug-likeness (QED) is 0.823. The van der Waals surface area contributed by atoms with Gasteiger partial charge in [-0.15, -0.1) is 0 Å². The second-order valence-electron chi connectivity index (χ2n) is 5.09. The van der Waals surface area contributed by atoms with Crippen molar-refractivity contribution in [3.63, 3.8) is 0 Å². The molecule has 1 aromatic rings. The molecule has 0 bridgehead atoms. The molecule has 0 aliphatic heterocycles. The first kappa shape index (κ1) is 16.4. The summed E-state index contributed by atoms with van der Waals surface area (Å²) < 4.78 is 19.6. The van der Waals surface area contributed by atoms with Crippen LogP contribution in [0.1, 0.15) is 33.3 Å². The van der Waals surface area contributed by atoms with Gasteiger partial charge in [0.15, 0.2) is 0 Å². The predicted octanol–water partition coefficient (Wildman–Crippen LogP) is 3.81. The molecule has 1 rings (SSSR count). The highest BCUT2D eigenvalue weighted by Crippen LogP contribution is 2.22. The molecule has 0 amide bonds. The topological polar surface area (TPSA) is 21.3 Å². The first-order valence-corrected chi connectivity index (χ1v) is 7.09. The van der Waals surface area contributed by atoms with Gasteiger partial charge in [0.2, 0.25) is 0 Å². The monoisotopic (exact) mass is 287 g/mol. The zero-order chi connectivity index (χ0) is 14.5. The van der Waals surface area contributed by atoms with E-state index < -0.39 is 0 Å². The second-order valence-corrected chi connectivity index (χ2v) is 5.52. The zero-order valence-corrected chi connectivity index (χ0v) is 12.9. The van der Waals surface area contributed by atoms with Crippen molar-refractivity contribution in [2.75, 3.05) is 13.2 Å². The van der Waals surface area contributed by atoms with Crippen molar-refractivity contribution in [3.05, 3.63) is 34.6 Å². The van der Waals surface area contributed by atoms with Crippen LogP contribution in [-0.4, -0.2) is 24.8 Å². The van der Waals surface area contributed by atoms with Gasteiger partial charge in [0.25, 0.3) is 0 Å².